The van der Waals surface area contributed by atoms with E-state index >= 15 is 0 Å². The van der Waals surface area contributed by atoms with E-state index in [0.29, 0.717) is 24.4 Å². The van der Waals surface area contributed by atoms with Crippen LogP contribution in [0, 0.1) is 9.49 Å². The Morgan fingerprint density at radius 2 is 1.87 bits per heavy atom. The maximum absolute atomic E-state index is 13.6. The van der Waals surface area contributed by atoms with Crippen LogP contribution in [0.3, 0.4) is 0 Å². The van der Waals surface area contributed by atoms with Gasteiger partial charge in [0.2, 0.25) is 11.8 Å². The smallest absolute Gasteiger partial charge is 0.408 e. The summed E-state index contributed by atoms with van der Waals surface area (Å²) >= 11 is 2.15. The number of benzene rings is 1. The molecule has 11 heteroatoms. The van der Waals surface area contributed by atoms with Crippen LogP contribution in [0.25, 0.3) is 0 Å². The van der Waals surface area contributed by atoms with Gasteiger partial charge in [-0.3, -0.25) is 4.79 Å². The summed E-state index contributed by atoms with van der Waals surface area (Å²) in [5, 5.41) is 5.64. The molecule has 0 radical (unpaired) electrons. The van der Waals surface area contributed by atoms with Crippen LogP contribution in [0.15, 0.2) is 35.3 Å². The van der Waals surface area contributed by atoms with Crippen LogP contribution in [0.5, 0.6) is 5.75 Å². The average molecular weight is 656 g/mol. The zero-order valence-corrected chi connectivity index (χ0v) is 25.7. The number of halogens is 1. The van der Waals surface area contributed by atoms with Crippen molar-refractivity contribution < 1.29 is 33.0 Å². The molecule has 0 saturated heterocycles. The van der Waals surface area contributed by atoms with Gasteiger partial charge >= 0.3 is 12.1 Å². The highest BCUT2D eigenvalue weighted by atomic mass is 127. The second kappa shape index (κ2) is 14.3. The lowest BCUT2D eigenvalue weighted by molar-refractivity contribution is -0.124. The van der Waals surface area contributed by atoms with Crippen molar-refractivity contribution in [2.45, 2.75) is 71.6 Å². The first-order valence-electron chi connectivity index (χ1n) is 12.6. The fourth-order valence-electron chi connectivity index (χ4n) is 3.66. The van der Waals surface area contributed by atoms with Crippen LogP contribution in [0.1, 0.15) is 74.8 Å². The number of alkyl carbamates (subject to hydrolysis) is 1. The fourth-order valence-corrected chi connectivity index (χ4v) is 4.46. The number of carbonyl (C=O) groups is 3. The Kier molecular flexibility index (Phi) is 11.8. The molecule has 0 aliphatic carbocycles. The van der Waals surface area contributed by atoms with Gasteiger partial charge in [0.05, 0.1) is 17.8 Å². The van der Waals surface area contributed by atoms with Gasteiger partial charge in [0.15, 0.2) is 5.69 Å². The highest BCUT2D eigenvalue weighted by Gasteiger charge is 2.32. The average Bonchev–Trinajstić information content (AvgIpc) is 3.27. The number of allylic oxidation sites excluding steroid dienone is 1. The molecule has 0 bridgehead atoms. The van der Waals surface area contributed by atoms with Crippen molar-refractivity contribution in [3.8, 4) is 5.75 Å². The maximum Gasteiger partial charge on any atom is 0.408 e. The third-order valence-corrected chi connectivity index (χ3v) is 6.41. The summed E-state index contributed by atoms with van der Waals surface area (Å²) in [6.45, 7) is 12.7. The largest absolute Gasteiger partial charge is 0.496 e. The summed E-state index contributed by atoms with van der Waals surface area (Å²) in [6.07, 6.45) is 2.15. The predicted molar refractivity (Wildman–Crippen MR) is 155 cm³/mol. The van der Waals surface area contributed by atoms with Gasteiger partial charge in [-0.15, -0.1) is 6.58 Å². The van der Waals surface area contributed by atoms with Crippen LogP contribution < -0.4 is 15.4 Å². The molecular formula is C28H38IN3O7. The zero-order chi connectivity index (χ0) is 29.3. The van der Waals surface area contributed by atoms with Crippen molar-refractivity contribution in [1.82, 2.24) is 15.6 Å². The van der Waals surface area contributed by atoms with E-state index in [-0.39, 0.29) is 23.9 Å². The number of esters is 1. The van der Waals surface area contributed by atoms with Gasteiger partial charge in [-0.05, 0) is 73.4 Å². The van der Waals surface area contributed by atoms with Crippen molar-refractivity contribution in [3.05, 3.63) is 57.3 Å². The number of aromatic nitrogens is 1. The number of ether oxygens (including phenoxy) is 3. The molecule has 2 unspecified atom stereocenters. The third kappa shape index (κ3) is 9.55. The second-order valence-corrected chi connectivity index (χ2v) is 11.4. The highest BCUT2D eigenvalue weighted by molar-refractivity contribution is 14.1. The Morgan fingerprint density at radius 1 is 1.18 bits per heavy atom. The number of hydrogen-bond acceptors (Lipinski definition) is 8. The lowest BCUT2D eigenvalue weighted by Gasteiger charge is -2.26. The molecule has 0 aliphatic heterocycles. The molecule has 39 heavy (non-hydrogen) atoms. The molecule has 0 aliphatic rings. The summed E-state index contributed by atoms with van der Waals surface area (Å²) in [5.41, 5.74) is 0.129. The standard InChI is InChI=1S/C28H38IN3O7/c1-9-10-11-21-23(26(34)37-8)32-25(38-21)22(16(2)3)31-24(33)19(30-27(35)39-28(4,5)6)15-17-12-13-20(36-7)18(29)14-17/h9,12-14,16,19,22H,1,10-11,15H2,2-8H3,(H,30,35)(H,31,33). The Labute approximate surface area is 243 Å². The molecule has 2 amide bonds. The van der Waals surface area contributed by atoms with Gasteiger partial charge in [-0.1, -0.05) is 26.0 Å². The molecule has 0 fully saturated rings. The Hall–Kier alpha value is -3.09. The first kappa shape index (κ1) is 32.1. The van der Waals surface area contributed by atoms with E-state index in [4.69, 9.17) is 18.6 Å². The van der Waals surface area contributed by atoms with Crippen molar-refractivity contribution in [2.24, 2.45) is 5.92 Å². The lowest BCUT2D eigenvalue weighted by Crippen LogP contribution is -2.50. The normalized spacial score (nSPS) is 12.8. The van der Waals surface area contributed by atoms with Gasteiger partial charge in [0.25, 0.3) is 0 Å². The quantitative estimate of drug-likeness (QED) is 0.183. The number of rotatable bonds is 12. The molecule has 0 spiro atoms. The number of carbonyl (C=O) groups excluding carboxylic acids is 3. The SMILES string of the molecule is C=CCCc1oc(C(NC(=O)C(Cc2ccc(OC)c(I)c2)NC(=O)OC(C)(C)C)C(C)C)nc1C(=O)OC. The summed E-state index contributed by atoms with van der Waals surface area (Å²) in [7, 11) is 2.85. The molecule has 2 rings (SSSR count). The molecular weight excluding hydrogens is 617 g/mol. The van der Waals surface area contributed by atoms with Crippen LogP contribution in [0.2, 0.25) is 0 Å². The Morgan fingerprint density at radius 3 is 2.41 bits per heavy atom. The Bertz CT molecular complexity index is 1170. The number of oxazole rings is 1. The van der Waals surface area contributed by atoms with Crippen LogP contribution in [-0.4, -0.2) is 48.8 Å². The van der Waals surface area contributed by atoms with E-state index in [2.05, 4.69) is 44.8 Å². The minimum Gasteiger partial charge on any atom is -0.496 e. The summed E-state index contributed by atoms with van der Waals surface area (Å²) in [5.74, 6) is -0.0135. The molecule has 1 aromatic carbocycles. The molecule has 2 aromatic rings. The van der Waals surface area contributed by atoms with Crippen molar-refractivity contribution in [2.75, 3.05) is 14.2 Å². The number of nitrogens with zero attached hydrogens (tertiary/aromatic N) is 1. The summed E-state index contributed by atoms with van der Waals surface area (Å²) < 4.78 is 22.4. The van der Waals surface area contributed by atoms with Crippen molar-refractivity contribution >= 4 is 40.6 Å². The van der Waals surface area contributed by atoms with E-state index in [1.807, 2.05) is 32.0 Å². The van der Waals surface area contributed by atoms with Gasteiger partial charge in [0.1, 0.15) is 29.2 Å². The van der Waals surface area contributed by atoms with Gasteiger partial charge < -0.3 is 29.3 Å². The number of hydrogen-bond donors (Lipinski definition) is 2. The maximum atomic E-state index is 13.6. The topological polar surface area (TPSA) is 129 Å². The minimum atomic E-state index is -0.972. The molecule has 1 aromatic heterocycles. The predicted octanol–water partition coefficient (Wildman–Crippen LogP) is 5.14. The Balaban J connectivity index is 2.38. The molecule has 2 N–H and O–H groups in total. The number of methoxy groups -OCH3 is 2. The van der Waals surface area contributed by atoms with Crippen molar-refractivity contribution in [3.63, 3.8) is 0 Å². The third-order valence-electron chi connectivity index (χ3n) is 5.56. The van der Waals surface area contributed by atoms with Gasteiger partial charge in [-0.25, -0.2) is 14.6 Å². The van der Waals surface area contributed by atoms with E-state index in [0.717, 1.165) is 9.13 Å². The van der Waals surface area contributed by atoms with Crippen molar-refractivity contribution in [1.29, 1.82) is 0 Å². The van der Waals surface area contributed by atoms with E-state index in [1.54, 1.807) is 34.0 Å². The molecule has 10 nitrogen and oxygen atoms in total. The summed E-state index contributed by atoms with van der Waals surface area (Å²) in [6, 6.07) is 3.87. The van der Waals surface area contributed by atoms with E-state index < -0.39 is 35.7 Å². The van der Waals surface area contributed by atoms with Crippen LogP contribution in [-0.2, 0) is 27.1 Å². The first-order chi connectivity index (χ1) is 18.3. The van der Waals surface area contributed by atoms with Crippen LogP contribution in [0.4, 0.5) is 4.79 Å². The highest BCUT2D eigenvalue weighted by Crippen LogP contribution is 2.26. The number of amides is 2. The minimum absolute atomic E-state index is 0.0606. The first-order valence-corrected chi connectivity index (χ1v) is 13.7. The number of nitrogens with one attached hydrogen (secondary N) is 2. The van der Waals surface area contributed by atoms with Gasteiger partial charge in [0, 0.05) is 12.8 Å². The molecule has 1 heterocycles. The van der Waals surface area contributed by atoms with E-state index in [9.17, 15) is 14.4 Å². The van der Waals surface area contributed by atoms with E-state index in [1.165, 1.54) is 7.11 Å². The molecule has 0 saturated carbocycles. The summed E-state index contributed by atoms with van der Waals surface area (Å²) in [4.78, 5) is 43.0. The van der Waals surface area contributed by atoms with Crippen LogP contribution >= 0.6 is 22.6 Å². The lowest BCUT2D eigenvalue weighted by atomic mass is 10.0. The zero-order valence-electron chi connectivity index (χ0n) is 23.6. The fraction of sp³-hybridized carbons (Fsp3) is 0.500. The molecule has 2 atom stereocenters. The number of aryl methyl sites for hydroxylation is 1. The molecule has 214 valence electrons. The van der Waals surface area contributed by atoms with Gasteiger partial charge in [-0.2, -0.15) is 0 Å². The second-order valence-electron chi connectivity index (χ2n) is 10.2. The monoisotopic (exact) mass is 655 g/mol.